The highest BCUT2D eigenvalue weighted by Crippen LogP contribution is 2.47. The summed E-state index contributed by atoms with van der Waals surface area (Å²) in [6.07, 6.45) is 7.48. The van der Waals surface area contributed by atoms with Crippen LogP contribution in [0.15, 0.2) is 0 Å². The van der Waals surface area contributed by atoms with Crippen molar-refractivity contribution in [3.63, 3.8) is 0 Å². The second-order valence-corrected chi connectivity index (χ2v) is 6.29. The lowest BCUT2D eigenvalue weighted by atomic mass is 9.87. The van der Waals surface area contributed by atoms with Gasteiger partial charge < -0.3 is 0 Å². The predicted molar refractivity (Wildman–Crippen MR) is 51.6 cm³/mol. The van der Waals surface area contributed by atoms with Crippen molar-refractivity contribution < 1.29 is 0 Å². The van der Waals surface area contributed by atoms with Gasteiger partial charge in [-0.25, -0.2) is 0 Å². The molecule has 0 N–H and O–H groups in total. The van der Waals surface area contributed by atoms with Crippen LogP contribution >= 0.6 is 24.5 Å². The zero-order valence-corrected chi connectivity index (χ0v) is 8.73. The Bertz CT molecular complexity index is 126. The molecule has 0 nitrogen and oxygen atoms in total. The van der Waals surface area contributed by atoms with Gasteiger partial charge in [-0.15, -0.1) is 8.58 Å². The van der Waals surface area contributed by atoms with Crippen LogP contribution in [0.3, 0.4) is 0 Å². The van der Waals surface area contributed by atoms with Crippen molar-refractivity contribution >= 4 is 24.5 Å². The van der Waals surface area contributed by atoms with Crippen LogP contribution in [0.5, 0.6) is 0 Å². The van der Waals surface area contributed by atoms with Crippen molar-refractivity contribution in [3.8, 4) is 0 Å². The van der Waals surface area contributed by atoms with Crippen molar-refractivity contribution in [3.05, 3.63) is 0 Å². The molecule has 1 aliphatic carbocycles. The summed E-state index contributed by atoms with van der Waals surface area (Å²) in [6, 6.07) is 0. The van der Waals surface area contributed by atoms with E-state index < -0.39 is 0 Å². The minimum Gasteiger partial charge on any atom is -0.119 e. The number of hydrogen-bond donors (Lipinski definition) is 0. The molecule has 0 aromatic heterocycles. The van der Waals surface area contributed by atoms with E-state index in [1.54, 1.807) is 0 Å². The van der Waals surface area contributed by atoms with Crippen LogP contribution in [0, 0.1) is 5.92 Å². The van der Waals surface area contributed by atoms with E-state index in [4.69, 9.17) is 0 Å². The first-order chi connectivity index (χ1) is 4.88. The van der Waals surface area contributed by atoms with Crippen molar-refractivity contribution in [1.29, 1.82) is 0 Å². The summed E-state index contributed by atoms with van der Waals surface area (Å²) in [5.41, 5.74) is 1.12. The highest BCUT2D eigenvalue weighted by atomic mass is 79.9. The van der Waals surface area contributed by atoms with Crippen molar-refractivity contribution in [2.75, 3.05) is 6.16 Å². The monoisotopic (exact) mass is 220 g/mol. The Labute approximate surface area is 73.1 Å². The first-order valence-electron chi connectivity index (χ1n) is 4.25. The van der Waals surface area contributed by atoms with E-state index in [9.17, 15) is 0 Å². The van der Waals surface area contributed by atoms with Crippen LogP contribution in [0.1, 0.15) is 25.7 Å². The second-order valence-electron chi connectivity index (χ2n) is 3.46. The molecule has 0 bridgehead atoms. The third-order valence-corrected chi connectivity index (χ3v) is 5.82. The van der Waals surface area contributed by atoms with E-state index in [-0.39, 0.29) is 0 Å². The lowest BCUT2D eigenvalue weighted by Gasteiger charge is -2.29. The van der Waals surface area contributed by atoms with Gasteiger partial charge in [0, 0.05) is 4.83 Å². The molecular formula is C8H14BrP. The van der Waals surface area contributed by atoms with E-state index in [0.717, 1.165) is 16.4 Å². The molecule has 1 saturated carbocycles. The van der Waals surface area contributed by atoms with Gasteiger partial charge in [0.25, 0.3) is 0 Å². The summed E-state index contributed by atoms with van der Waals surface area (Å²) >= 11 is 3.80. The Balaban J connectivity index is 2.03. The molecule has 10 heavy (non-hydrogen) atoms. The van der Waals surface area contributed by atoms with Gasteiger partial charge >= 0.3 is 0 Å². The Hall–Kier alpha value is 0.910. The molecule has 0 amide bonds. The molecule has 2 rings (SSSR count). The number of fused-ring (bicyclic) bond motifs is 1. The summed E-state index contributed by atoms with van der Waals surface area (Å²) < 4.78 is 0. The van der Waals surface area contributed by atoms with Gasteiger partial charge in [-0.1, -0.05) is 22.4 Å². The van der Waals surface area contributed by atoms with Crippen LogP contribution in [0.25, 0.3) is 0 Å². The molecule has 0 aromatic rings. The second kappa shape index (κ2) is 3.11. The standard InChI is InChI=1S/C8H14BrP/c9-7-2-1-3-8-6(7)4-5-10-8/h6-8,10H,1-5H2. The van der Waals surface area contributed by atoms with E-state index in [1.165, 1.54) is 40.4 Å². The van der Waals surface area contributed by atoms with Crippen LogP contribution in [0.2, 0.25) is 0 Å². The molecule has 4 unspecified atom stereocenters. The van der Waals surface area contributed by atoms with Crippen LogP contribution in [0.4, 0.5) is 0 Å². The Morgan fingerprint density at radius 2 is 2.10 bits per heavy atom. The molecule has 1 aliphatic heterocycles. The van der Waals surface area contributed by atoms with Gasteiger partial charge in [-0.3, -0.25) is 0 Å². The molecule has 0 aromatic carbocycles. The maximum Gasteiger partial charge on any atom is 0.0180 e. The fourth-order valence-corrected chi connectivity index (χ4v) is 5.50. The third-order valence-electron chi connectivity index (χ3n) is 2.86. The van der Waals surface area contributed by atoms with Gasteiger partial charge in [0.1, 0.15) is 0 Å². The largest absolute Gasteiger partial charge is 0.119 e. The molecule has 2 heteroatoms. The third kappa shape index (κ3) is 1.28. The maximum atomic E-state index is 3.80. The molecular weight excluding hydrogens is 207 g/mol. The highest BCUT2D eigenvalue weighted by molar-refractivity contribution is 9.09. The van der Waals surface area contributed by atoms with Gasteiger partial charge in [0.15, 0.2) is 0 Å². The topological polar surface area (TPSA) is 0 Å². The van der Waals surface area contributed by atoms with E-state index >= 15 is 0 Å². The highest BCUT2D eigenvalue weighted by Gasteiger charge is 2.34. The number of halogens is 1. The molecule has 2 aliphatic rings. The molecule has 1 heterocycles. The fourth-order valence-electron chi connectivity index (χ4n) is 2.28. The average molecular weight is 221 g/mol. The Morgan fingerprint density at radius 3 is 2.90 bits per heavy atom. The average Bonchev–Trinajstić information content (AvgIpc) is 2.36. The van der Waals surface area contributed by atoms with E-state index in [0.29, 0.717) is 0 Å². The summed E-state index contributed by atoms with van der Waals surface area (Å²) in [5.74, 6) is 1.06. The number of rotatable bonds is 0. The quantitative estimate of drug-likeness (QED) is 0.435. The minimum absolute atomic E-state index is 0.876. The molecule has 58 valence electrons. The predicted octanol–water partition coefficient (Wildman–Crippen LogP) is 3.00. The maximum absolute atomic E-state index is 3.80. The van der Waals surface area contributed by atoms with Crippen molar-refractivity contribution in [2.24, 2.45) is 5.92 Å². The van der Waals surface area contributed by atoms with Gasteiger partial charge in [-0.2, -0.15) is 0 Å². The van der Waals surface area contributed by atoms with Crippen molar-refractivity contribution in [1.82, 2.24) is 0 Å². The van der Waals surface area contributed by atoms with E-state index in [1.807, 2.05) is 0 Å². The zero-order valence-electron chi connectivity index (χ0n) is 6.15. The minimum atomic E-state index is 0.876. The molecule has 2 fully saturated rings. The van der Waals surface area contributed by atoms with Gasteiger partial charge in [0.2, 0.25) is 0 Å². The summed E-state index contributed by atoms with van der Waals surface area (Å²) in [6.45, 7) is 0. The van der Waals surface area contributed by atoms with Crippen LogP contribution in [-0.2, 0) is 0 Å². The Morgan fingerprint density at radius 1 is 1.20 bits per heavy atom. The summed E-state index contributed by atoms with van der Waals surface area (Å²) in [7, 11) is 1.29. The summed E-state index contributed by atoms with van der Waals surface area (Å²) in [5, 5.41) is 0. The summed E-state index contributed by atoms with van der Waals surface area (Å²) in [4.78, 5) is 0.876. The molecule has 0 spiro atoms. The van der Waals surface area contributed by atoms with E-state index in [2.05, 4.69) is 15.9 Å². The molecule has 0 radical (unpaired) electrons. The molecule has 4 atom stereocenters. The Kier molecular flexibility index (Phi) is 2.35. The smallest absolute Gasteiger partial charge is 0.0180 e. The first kappa shape index (κ1) is 7.55. The van der Waals surface area contributed by atoms with Gasteiger partial charge in [0.05, 0.1) is 0 Å². The lowest BCUT2D eigenvalue weighted by Crippen LogP contribution is -2.26. The fraction of sp³-hybridized carbons (Fsp3) is 1.00. The van der Waals surface area contributed by atoms with Crippen LogP contribution < -0.4 is 0 Å². The van der Waals surface area contributed by atoms with Gasteiger partial charge in [-0.05, 0) is 37.0 Å². The molecule has 1 saturated heterocycles. The first-order valence-corrected chi connectivity index (χ1v) is 6.45. The SMILES string of the molecule is BrC1CCCC2PCCC12. The van der Waals surface area contributed by atoms with Crippen LogP contribution in [-0.4, -0.2) is 16.6 Å². The lowest BCUT2D eigenvalue weighted by molar-refractivity contribution is 0.394. The van der Waals surface area contributed by atoms with Crippen molar-refractivity contribution in [2.45, 2.75) is 36.2 Å². The number of hydrogen-bond acceptors (Lipinski definition) is 0. The zero-order chi connectivity index (χ0) is 6.97. The number of alkyl halides is 1. The normalized spacial score (nSPS) is 49.5.